The van der Waals surface area contributed by atoms with E-state index >= 15 is 0 Å². The van der Waals surface area contributed by atoms with E-state index in [1.807, 2.05) is 0 Å². The lowest BCUT2D eigenvalue weighted by Crippen LogP contribution is -2.45. The summed E-state index contributed by atoms with van der Waals surface area (Å²) < 4.78 is 1.22. The highest BCUT2D eigenvalue weighted by atomic mass is 15.3. The van der Waals surface area contributed by atoms with Gasteiger partial charge in [0.2, 0.25) is 0 Å². The molecule has 0 amide bonds. The number of quaternary nitrogens is 1. The standard InChI is InChI=1S/C25H55N2/c1-4-6-7-8-9-10-11-12-13-14-15-16-17-18-19-20-21-24-27(3,5-2)25-22-23-26/h4-26H2,1-3H3/q+1. The van der Waals surface area contributed by atoms with Gasteiger partial charge < -0.3 is 10.2 Å². The molecule has 0 rings (SSSR count). The van der Waals surface area contributed by atoms with Crippen molar-refractivity contribution in [3.63, 3.8) is 0 Å². The Labute approximate surface area is 173 Å². The summed E-state index contributed by atoms with van der Waals surface area (Å²) in [6.45, 7) is 9.31. The van der Waals surface area contributed by atoms with Crippen LogP contribution in [0.1, 0.15) is 129 Å². The fourth-order valence-electron chi connectivity index (χ4n) is 4.12. The quantitative estimate of drug-likeness (QED) is 0.152. The Kier molecular flexibility index (Phi) is 20.6. The number of rotatable bonds is 22. The first-order chi connectivity index (χ1) is 13.2. The minimum absolute atomic E-state index is 0.840. The fraction of sp³-hybridized carbons (Fsp3) is 1.00. The van der Waals surface area contributed by atoms with Gasteiger partial charge in [0.05, 0.1) is 26.7 Å². The van der Waals surface area contributed by atoms with E-state index in [2.05, 4.69) is 20.9 Å². The molecule has 0 fully saturated rings. The highest BCUT2D eigenvalue weighted by Crippen LogP contribution is 2.14. The van der Waals surface area contributed by atoms with Crippen LogP contribution in [-0.4, -0.2) is 37.7 Å². The van der Waals surface area contributed by atoms with Gasteiger partial charge in [-0.3, -0.25) is 0 Å². The Morgan fingerprint density at radius 3 is 1.15 bits per heavy atom. The first-order valence-electron chi connectivity index (χ1n) is 12.7. The van der Waals surface area contributed by atoms with Gasteiger partial charge in [0.25, 0.3) is 0 Å². The molecule has 0 radical (unpaired) electrons. The van der Waals surface area contributed by atoms with Crippen LogP contribution in [0.15, 0.2) is 0 Å². The molecule has 0 aromatic carbocycles. The molecule has 2 heteroatoms. The SMILES string of the molecule is CCCCCCCCCCCCCCCCCCC[N+](C)(CC)CCCN. The molecule has 1 unspecified atom stereocenters. The summed E-state index contributed by atoms with van der Waals surface area (Å²) in [4.78, 5) is 0. The molecule has 0 aliphatic carbocycles. The predicted octanol–water partition coefficient (Wildman–Crippen LogP) is 7.45. The Morgan fingerprint density at radius 2 is 0.815 bits per heavy atom. The Bertz CT molecular complexity index is 279. The second kappa shape index (κ2) is 20.6. The molecule has 0 aromatic rings. The maximum absolute atomic E-state index is 5.68. The molecular formula is C25H55N2+. The van der Waals surface area contributed by atoms with Crippen molar-refractivity contribution in [1.29, 1.82) is 0 Å². The van der Waals surface area contributed by atoms with Crippen molar-refractivity contribution >= 4 is 0 Å². The van der Waals surface area contributed by atoms with Gasteiger partial charge in [0.15, 0.2) is 0 Å². The largest absolute Gasteiger partial charge is 0.330 e. The van der Waals surface area contributed by atoms with E-state index in [1.54, 1.807) is 0 Å². The third-order valence-electron chi connectivity index (χ3n) is 6.47. The number of hydrogen-bond acceptors (Lipinski definition) is 1. The highest BCUT2D eigenvalue weighted by molar-refractivity contribution is 4.51. The van der Waals surface area contributed by atoms with Crippen LogP contribution < -0.4 is 5.73 Å². The van der Waals surface area contributed by atoms with E-state index in [0.717, 1.165) is 6.54 Å². The summed E-state index contributed by atoms with van der Waals surface area (Å²) in [6.07, 6.45) is 25.9. The Balaban J connectivity index is 3.22. The van der Waals surface area contributed by atoms with Gasteiger partial charge >= 0.3 is 0 Å². The maximum Gasteiger partial charge on any atom is 0.0796 e. The second-order valence-corrected chi connectivity index (χ2v) is 9.18. The van der Waals surface area contributed by atoms with Crippen LogP contribution in [0.3, 0.4) is 0 Å². The van der Waals surface area contributed by atoms with Crippen molar-refractivity contribution in [2.75, 3.05) is 33.2 Å². The zero-order valence-corrected chi connectivity index (χ0v) is 19.6. The van der Waals surface area contributed by atoms with E-state index in [9.17, 15) is 0 Å². The zero-order valence-electron chi connectivity index (χ0n) is 19.6. The molecule has 2 N–H and O–H groups in total. The molecule has 164 valence electrons. The number of hydrogen-bond donors (Lipinski definition) is 1. The average Bonchev–Trinajstić information content (AvgIpc) is 2.68. The molecule has 0 heterocycles. The molecule has 0 bridgehead atoms. The molecule has 0 saturated carbocycles. The molecule has 0 spiro atoms. The summed E-state index contributed by atoms with van der Waals surface area (Å²) in [7, 11) is 2.40. The first-order valence-corrected chi connectivity index (χ1v) is 12.7. The molecule has 0 saturated heterocycles. The van der Waals surface area contributed by atoms with Crippen LogP contribution in [0.2, 0.25) is 0 Å². The van der Waals surface area contributed by atoms with Crippen molar-refractivity contribution < 1.29 is 4.48 Å². The third kappa shape index (κ3) is 19.0. The maximum atomic E-state index is 5.68. The summed E-state index contributed by atoms with van der Waals surface area (Å²) >= 11 is 0. The van der Waals surface area contributed by atoms with Crippen LogP contribution in [0, 0.1) is 0 Å². The smallest absolute Gasteiger partial charge is 0.0796 e. The molecule has 1 atom stereocenters. The van der Waals surface area contributed by atoms with E-state index in [-0.39, 0.29) is 0 Å². The van der Waals surface area contributed by atoms with Crippen LogP contribution >= 0.6 is 0 Å². The summed E-state index contributed by atoms with van der Waals surface area (Å²) in [5.41, 5.74) is 5.68. The summed E-state index contributed by atoms with van der Waals surface area (Å²) in [6, 6.07) is 0. The van der Waals surface area contributed by atoms with Crippen molar-refractivity contribution in [2.45, 2.75) is 129 Å². The zero-order chi connectivity index (χ0) is 20.1. The minimum Gasteiger partial charge on any atom is -0.330 e. The molecule has 2 nitrogen and oxygen atoms in total. The lowest BCUT2D eigenvalue weighted by molar-refractivity contribution is -0.908. The van der Waals surface area contributed by atoms with Crippen LogP contribution in [0.5, 0.6) is 0 Å². The lowest BCUT2D eigenvalue weighted by Gasteiger charge is -2.33. The molecule has 27 heavy (non-hydrogen) atoms. The monoisotopic (exact) mass is 383 g/mol. The molecule has 0 aromatic heterocycles. The number of unbranched alkanes of at least 4 members (excludes halogenated alkanes) is 16. The fourth-order valence-corrected chi connectivity index (χ4v) is 4.12. The van der Waals surface area contributed by atoms with Crippen molar-refractivity contribution in [3.05, 3.63) is 0 Å². The minimum atomic E-state index is 0.840. The molecular weight excluding hydrogens is 328 g/mol. The normalized spacial score (nSPS) is 13.8. The average molecular weight is 384 g/mol. The predicted molar refractivity (Wildman–Crippen MR) is 124 cm³/mol. The van der Waals surface area contributed by atoms with Gasteiger partial charge in [0.1, 0.15) is 0 Å². The van der Waals surface area contributed by atoms with Gasteiger partial charge in [-0.05, 0) is 26.3 Å². The number of nitrogens with zero attached hydrogens (tertiary/aromatic N) is 1. The molecule has 0 aliphatic heterocycles. The summed E-state index contributed by atoms with van der Waals surface area (Å²) in [5, 5.41) is 0. The third-order valence-corrected chi connectivity index (χ3v) is 6.47. The Hall–Kier alpha value is -0.0800. The van der Waals surface area contributed by atoms with Gasteiger partial charge in [-0.25, -0.2) is 0 Å². The summed E-state index contributed by atoms with van der Waals surface area (Å²) in [5.74, 6) is 0. The van der Waals surface area contributed by atoms with Gasteiger partial charge in [-0.2, -0.15) is 0 Å². The van der Waals surface area contributed by atoms with Crippen molar-refractivity contribution in [2.24, 2.45) is 5.73 Å². The van der Waals surface area contributed by atoms with Crippen molar-refractivity contribution in [1.82, 2.24) is 0 Å². The van der Waals surface area contributed by atoms with Crippen LogP contribution in [0.4, 0.5) is 0 Å². The molecule has 0 aliphatic rings. The van der Waals surface area contributed by atoms with Gasteiger partial charge in [-0.15, -0.1) is 0 Å². The first kappa shape index (κ1) is 26.9. The second-order valence-electron chi connectivity index (χ2n) is 9.18. The van der Waals surface area contributed by atoms with Crippen LogP contribution in [-0.2, 0) is 0 Å². The van der Waals surface area contributed by atoms with Gasteiger partial charge in [-0.1, -0.05) is 103 Å². The lowest BCUT2D eigenvalue weighted by atomic mass is 10.0. The topological polar surface area (TPSA) is 26.0 Å². The Morgan fingerprint density at radius 1 is 0.481 bits per heavy atom. The van der Waals surface area contributed by atoms with E-state index < -0.39 is 0 Å². The number of nitrogens with two attached hydrogens (primary N) is 1. The van der Waals surface area contributed by atoms with Crippen molar-refractivity contribution in [3.8, 4) is 0 Å². The van der Waals surface area contributed by atoms with E-state index in [4.69, 9.17) is 5.73 Å². The van der Waals surface area contributed by atoms with E-state index in [1.165, 1.54) is 140 Å². The highest BCUT2D eigenvalue weighted by Gasteiger charge is 2.17. The van der Waals surface area contributed by atoms with Crippen LogP contribution in [0.25, 0.3) is 0 Å². The van der Waals surface area contributed by atoms with Gasteiger partial charge in [0, 0.05) is 6.42 Å². The van der Waals surface area contributed by atoms with E-state index in [0.29, 0.717) is 0 Å².